The van der Waals surface area contributed by atoms with E-state index < -0.39 is 5.97 Å². The first-order valence-corrected chi connectivity index (χ1v) is 5.74. The number of nitrogens with one attached hydrogen (secondary N) is 1. The number of carboxylic acids is 1. The van der Waals surface area contributed by atoms with Crippen LogP contribution in [0.3, 0.4) is 0 Å². The van der Waals surface area contributed by atoms with Crippen LogP contribution < -0.4 is 11.3 Å². The Hall–Kier alpha value is -2.28. The molecule has 6 nitrogen and oxygen atoms in total. The number of rotatable bonds is 3. The van der Waals surface area contributed by atoms with Crippen molar-refractivity contribution in [3.63, 3.8) is 0 Å². The summed E-state index contributed by atoms with van der Waals surface area (Å²) in [5.41, 5.74) is 5.33. The number of aromatic nitrogens is 2. The summed E-state index contributed by atoms with van der Waals surface area (Å²) in [6.45, 7) is 0. The predicted molar refractivity (Wildman–Crippen MR) is 66.8 cm³/mol. The molecule has 0 fully saturated rings. The van der Waals surface area contributed by atoms with Crippen molar-refractivity contribution in [1.29, 1.82) is 0 Å². The van der Waals surface area contributed by atoms with Gasteiger partial charge in [0.2, 0.25) is 0 Å². The summed E-state index contributed by atoms with van der Waals surface area (Å²) in [7, 11) is 0. The molecule has 0 unspecified atom stereocenters. The van der Waals surface area contributed by atoms with Crippen LogP contribution in [0.25, 0.3) is 0 Å². The smallest absolute Gasteiger partial charge is 0.335 e. The van der Waals surface area contributed by atoms with Gasteiger partial charge in [0.15, 0.2) is 5.16 Å². The summed E-state index contributed by atoms with van der Waals surface area (Å²) in [6, 6.07) is 7.43. The van der Waals surface area contributed by atoms with E-state index in [9.17, 15) is 9.59 Å². The molecule has 1 heterocycles. The van der Waals surface area contributed by atoms with Gasteiger partial charge in [0.25, 0.3) is 5.56 Å². The molecular formula is C11H9N3O3S. The number of aromatic carboxylic acids is 1. The highest BCUT2D eigenvalue weighted by atomic mass is 32.2. The molecular weight excluding hydrogens is 254 g/mol. The van der Waals surface area contributed by atoms with Gasteiger partial charge in [0.05, 0.1) is 5.56 Å². The molecule has 2 rings (SSSR count). The minimum atomic E-state index is -0.984. The summed E-state index contributed by atoms with van der Waals surface area (Å²) in [5.74, 6) is -0.842. The van der Waals surface area contributed by atoms with Gasteiger partial charge in [0, 0.05) is 11.0 Å². The van der Waals surface area contributed by atoms with E-state index in [2.05, 4.69) is 9.97 Å². The van der Waals surface area contributed by atoms with Crippen molar-refractivity contribution in [3.8, 4) is 0 Å². The number of aromatic amines is 1. The molecule has 0 bridgehead atoms. The van der Waals surface area contributed by atoms with Gasteiger partial charge in [-0.2, -0.15) is 0 Å². The summed E-state index contributed by atoms with van der Waals surface area (Å²) >= 11 is 1.20. The van der Waals surface area contributed by atoms with E-state index in [1.807, 2.05) is 0 Å². The van der Waals surface area contributed by atoms with Crippen LogP contribution >= 0.6 is 11.8 Å². The SMILES string of the molecule is Nc1cc(=O)[nH]c(Sc2ccc(C(=O)O)cc2)n1. The van der Waals surface area contributed by atoms with Crippen molar-refractivity contribution in [3.05, 3.63) is 46.2 Å². The number of hydrogen-bond acceptors (Lipinski definition) is 5. The van der Waals surface area contributed by atoms with E-state index in [4.69, 9.17) is 10.8 Å². The molecule has 0 saturated heterocycles. The molecule has 0 aliphatic rings. The lowest BCUT2D eigenvalue weighted by molar-refractivity contribution is 0.0697. The number of carbonyl (C=O) groups is 1. The topological polar surface area (TPSA) is 109 Å². The van der Waals surface area contributed by atoms with E-state index in [0.29, 0.717) is 5.16 Å². The molecule has 0 saturated carbocycles. The second kappa shape index (κ2) is 4.92. The number of nitrogens with zero attached hydrogens (tertiary/aromatic N) is 1. The Morgan fingerprint density at radius 1 is 1.33 bits per heavy atom. The Morgan fingerprint density at radius 2 is 2.00 bits per heavy atom. The second-order valence-electron chi connectivity index (χ2n) is 3.41. The normalized spacial score (nSPS) is 10.2. The first-order chi connectivity index (χ1) is 8.54. The third-order valence-electron chi connectivity index (χ3n) is 2.06. The van der Waals surface area contributed by atoms with Crippen LogP contribution in [-0.2, 0) is 0 Å². The van der Waals surface area contributed by atoms with E-state index >= 15 is 0 Å². The number of hydrogen-bond donors (Lipinski definition) is 3. The summed E-state index contributed by atoms with van der Waals surface area (Å²) in [4.78, 5) is 29.1. The summed E-state index contributed by atoms with van der Waals surface area (Å²) < 4.78 is 0. The Kier molecular flexibility index (Phi) is 3.33. The average molecular weight is 263 g/mol. The number of anilines is 1. The van der Waals surface area contributed by atoms with Gasteiger partial charge < -0.3 is 15.8 Å². The molecule has 92 valence electrons. The van der Waals surface area contributed by atoms with E-state index in [-0.39, 0.29) is 16.9 Å². The van der Waals surface area contributed by atoms with Crippen molar-refractivity contribution < 1.29 is 9.90 Å². The summed E-state index contributed by atoms with van der Waals surface area (Å²) in [6.07, 6.45) is 0. The molecule has 7 heteroatoms. The minimum absolute atomic E-state index is 0.142. The Morgan fingerprint density at radius 3 is 2.56 bits per heavy atom. The second-order valence-corrected chi connectivity index (χ2v) is 4.47. The summed E-state index contributed by atoms with van der Waals surface area (Å²) in [5, 5.41) is 9.12. The number of nitrogens with two attached hydrogens (primary N) is 1. The van der Waals surface area contributed by atoms with Crippen LogP contribution in [0.15, 0.2) is 45.2 Å². The van der Waals surface area contributed by atoms with Gasteiger partial charge in [-0.05, 0) is 24.3 Å². The maximum Gasteiger partial charge on any atom is 0.335 e. The predicted octanol–water partition coefficient (Wildman–Crippen LogP) is 1.20. The van der Waals surface area contributed by atoms with Crippen LogP contribution in [-0.4, -0.2) is 21.0 Å². The van der Waals surface area contributed by atoms with Gasteiger partial charge in [-0.25, -0.2) is 9.78 Å². The van der Waals surface area contributed by atoms with Crippen molar-refractivity contribution in [2.24, 2.45) is 0 Å². The number of nitrogen functional groups attached to an aromatic ring is 1. The highest BCUT2D eigenvalue weighted by Gasteiger charge is 2.04. The number of carboxylic acid groups (broad SMARTS) is 1. The standard InChI is InChI=1S/C11H9N3O3S/c12-8-5-9(15)14-11(13-8)18-7-3-1-6(2-4-7)10(16)17/h1-5H,(H,16,17)(H3,12,13,14,15). The van der Waals surface area contributed by atoms with Gasteiger partial charge in [-0.15, -0.1) is 0 Å². The van der Waals surface area contributed by atoms with Crippen LogP contribution in [0.2, 0.25) is 0 Å². The lowest BCUT2D eigenvalue weighted by Gasteiger charge is -2.02. The molecule has 18 heavy (non-hydrogen) atoms. The molecule has 0 aliphatic carbocycles. The number of H-pyrrole nitrogens is 1. The van der Waals surface area contributed by atoms with Gasteiger partial charge in [0.1, 0.15) is 5.82 Å². The molecule has 0 aliphatic heterocycles. The zero-order chi connectivity index (χ0) is 13.1. The van der Waals surface area contributed by atoms with Crippen LogP contribution in [0, 0.1) is 0 Å². The largest absolute Gasteiger partial charge is 0.478 e. The van der Waals surface area contributed by atoms with Crippen molar-refractivity contribution in [1.82, 2.24) is 9.97 Å². The van der Waals surface area contributed by atoms with Gasteiger partial charge in [-0.1, -0.05) is 11.8 Å². The lowest BCUT2D eigenvalue weighted by Crippen LogP contribution is -2.09. The highest BCUT2D eigenvalue weighted by molar-refractivity contribution is 7.99. The first-order valence-electron chi connectivity index (χ1n) is 4.92. The molecule has 1 aromatic carbocycles. The van der Waals surface area contributed by atoms with E-state index in [1.165, 1.54) is 30.0 Å². The molecule has 0 amide bonds. The fourth-order valence-electron chi connectivity index (χ4n) is 1.28. The molecule has 0 spiro atoms. The maximum atomic E-state index is 11.2. The quantitative estimate of drug-likeness (QED) is 0.718. The third kappa shape index (κ3) is 2.89. The van der Waals surface area contributed by atoms with E-state index in [0.717, 1.165) is 4.90 Å². The fourth-order valence-corrected chi connectivity index (χ4v) is 2.08. The average Bonchev–Trinajstić information content (AvgIpc) is 2.28. The van der Waals surface area contributed by atoms with Crippen molar-refractivity contribution in [2.45, 2.75) is 10.1 Å². The van der Waals surface area contributed by atoms with E-state index in [1.54, 1.807) is 12.1 Å². The molecule has 0 atom stereocenters. The Balaban J connectivity index is 2.23. The number of benzene rings is 1. The lowest BCUT2D eigenvalue weighted by atomic mass is 10.2. The Labute approximate surface area is 106 Å². The van der Waals surface area contributed by atoms with Gasteiger partial charge in [-0.3, -0.25) is 4.79 Å². The highest BCUT2D eigenvalue weighted by Crippen LogP contribution is 2.24. The molecule has 4 N–H and O–H groups in total. The first kappa shape index (κ1) is 12.2. The molecule has 0 radical (unpaired) electrons. The fraction of sp³-hybridized carbons (Fsp3) is 0. The van der Waals surface area contributed by atoms with Crippen molar-refractivity contribution >= 4 is 23.5 Å². The monoisotopic (exact) mass is 263 g/mol. The van der Waals surface area contributed by atoms with Crippen LogP contribution in [0.4, 0.5) is 5.82 Å². The van der Waals surface area contributed by atoms with Crippen LogP contribution in [0.5, 0.6) is 0 Å². The molecule has 1 aromatic heterocycles. The molecule has 2 aromatic rings. The van der Waals surface area contributed by atoms with Crippen molar-refractivity contribution in [2.75, 3.05) is 5.73 Å². The van der Waals surface area contributed by atoms with Gasteiger partial charge >= 0.3 is 5.97 Å². The zero-order valence-corrected chi connectivity index (χ0v) is 9.90. The maximum absolute atomic E-state index is 11.2. The zero-order valence-electron chi connectivity index (χ0n) is 9.08. The van der Waals surface area contributed by atoms with Crippen LogP contribution in [0.1, 0.15) is 10.4 Å². The third-order valence-corrected chi connectivity index (χ3v) is 2.95. The minimum Gasteiger partial charge on any atom is -0.478 e. The Bertz CT molecular complexity index is 637.